The molecule has 2 saturated heterocycles. The monoisotopic (exact) mass is 208 g/mol. The lowest BCUT2D eigenvalue weighted by Gasteiger charge is -2.54. The molecule has 0 aromatic rings. The molecule has 1 aliphatic carbocycles. The van der Waals surface area contributed by atoms with E-state index in [2.05, 4.69) is 23.6 Å². The van der Waals surface area contributed by atoms with Crippen molar-refractivity contribution in [1.29, 1.82) is 0 Å². The van der Waals surface area contributed by atoms with Crippen LogP contribution in [0.4, 0.5) is 0 Å². The first-order chi connectivity index (χ1) is 7.26. The van der Waals surface area contributed by atoms with Gasteiger partial charge in [0.15, 0.2) is 0 Å². The molecule has 15 heavy (non-hydrogen) atoms. The second-order valence-corrected chi connectivity index (χ2v) is 5.98. The highest BCUT2D eigenvalue weighted by atomic mass is 15.4. The lowest BCUT2D eigenvalue weighted by atomic mass is 9.91. The van der Waals surface area contributed by atoms with Crippen molar-refractivity contribution in [1.82, 2.24) is 9.80 Å². The molecule has 0 unspecified atom stereocenters. The Hall–Kier alpha value is -0.0800. The molecule has 2 aliphatic heterocycles. The number of hydrogen-bond acceptors (Lipinski definition) is 2. The van der Waals surface area contributed by atoms with E-state index in [-0.39, 0.29) is 0 Å². The molecule has 3 fully saturated rings. The van der Waals surface area contributed by atoms with E-state index in [0.717, 1.165) is 17.5 Å². The highest BCUT2D eigenvalue weighted by molar-refractivity contribution is 5.09. The normalized spacial score (nSPS) is 30.6. The Morgan fingerprint density at radius 1 is 1.13 bits per heavy atom. The third-order valence-corrected chi connectivity index (χ3v) is 4.90. The minimum atomic E-state index is 0.843. The summed E-state index contributed by atoms with van der Waals surface area (Å²) in [6.07, 6.45) is 5.69. The summed E-state index contributed by atoms with van der Waals surface area (Å²) < 4.78 is 0. The van der Waals surface area contributed by atoms with Crippen molar-refractivity contribution in [2.24, 2.45) is 5.41 Å². The molecule has 0 N–H and O–H groups in total. The molecule has 0 radical (unpaired) electrons. The van der Waals surface area contributed by atoms with Crippen LogP contribution in [0.15, 0.2) is 0 Å². The van der Waals surface area contributed by atoms with Crippen molar-refractivity contribution < 1.29 is 0 Å². The molecule has 2 heteroatoms. The van der Waals surface area contributed by atoms with Crippen LogP contribution in [0.3, 0.4) is 0 Å². The maximum absolute atomic E-state index is 2.73. The van der Waals surface area contributed by atoms with Gasteiger partial charge in [-0.05, 0) is 31.1 Å². The van der Waals surface area contributed by atoms with E-state index in [1.54, 1.807) is 0 Å². The number of hydrogen-bond donors (Lipinski definition) is 0. The Labute approximate surface area is 93.6 Å². The van der Waals surface area contributed by atoms with E-state index >= 15 is 0 Å². The maximum atomic E-state index is 2.73. The van der Waals surface area contributed by atoms with Crippen molar-refractivity contribution in [2.75, 3.05) is 26.2 Å². The van der Waals surface area contributed by atoms with Crippen LogP contribution in [0.1, 0.15) is 39.5 Å². The molecule has 0 aromatic carbocycles. The van der Waals surface area contributed by atoms with Crippen molar-refractivity contribution in [2.45, 2.75) is 51.6 Å². The van der Waals surface area contributed by atoms with E-state index in [1.807, 2.05) is 0 Å². The summed E-state index contributed by atoms with van der Waals surface area (Å²) in [7, 11) is 0. The molecular weight excluding hydrogens is 184 g/mol. The fourth-order valence-electron chi connectivity index (χ4n) is 3.39. The lowest BCUT2D eigenvalue weighted by Crippen LogP contribution is -2.67. The quantitative estimate of drug-likeness (QED) is 0.697. The van der Waals surface area contributed by atoms with Gasteiger partial charge in [-0.3, -0.25) is 9.80 Å². The van der Waals surface area contributed by atoms with Crippen molar-refractivity contribution in [3.8, 4) is 0 Å². The van der Waals surface area contributed by atoms with Gasteiger partial charge in [0.2, 0.25) is 0 Å². The number of likely N-dealkylation sites (tertiary alicyclic amines) is 2. The van der Waals surface area contributed by atoms with Crippen LogP contribution in [0.25, 0.3) is 0 Å². The van der Waals surface area contributed by atoms with Crippen molar-refractivity contribution in [3.63, 3.8) is 0 Å². The van der Waals surface area contributed by atoms with Gasteiger partial charge < -0.3 is 0 Å². The summed E-state index contributed by atoms with van der Waals surface area (Å²) >= 11 is 0. The van der Waals surface area contributed by atoms with Crippen molar-refractivity contribution in [3.05, 3.63) is 0 Å². The molecule has 1 saturated carbocycles. The molecule has 0 amide bonds. The van der Waals surface area contributed by atoms with E-state index in [9.17, 15) is 0 Å². The molecule has 3 aliphatic rings. The van der Waals surface area contributed by atoms with Gasteiger partial charge in [-0.25, -0.2) is 0 Å². The molecule has 0 aromatic heterocycles. The van der Waals surface area contributed by atoms with E-state index in [4.69, 9.17) is 0 Å². The number of rotatable bonds is 4. The van der Waals surface area contributed by atoms with Crippen LogP contribution in [0, 0.1) is 5.41 Å². The fraction of sp³-hybridized carbons (Fsp3) is 1.00. The Kier molecular flexibility index (Phi) is 2.33. The zero-order valence-electron chi connectivity index (χ0n) is 10.2. The van der Waals surface area contributed by atoms with Gasteiger partial charge in [0, 0.05) is 38.3 Å². The summed E-state index contributed by atoms with van der Waals surface area (Å²) in [6.45, 7) is 10.2. The molecule has 0 atom stereocenters. The maximum Gasteiger partial charge on any atom is 0.0351 e. The Morgan fingerprint density at radius 3 is 2.20 bits per heavy atom. The Bertz CT molecular complexity index is 229. The second kappa shape index (κ2) is 3.46. The molecule has 3 rings (SSSR count). The standard InChI is InChI=1S/C13H24N2/c1-3-11(4-2)14-7-12(8-14)15-9-13(10-15)5-6-13/h11-12H,3-10H2,1-2H3. The highest BCUT2D eigenvalue weighted by Gasteiger charge is 2.55. The van der Waals surface area contributed by atoms with Crippen LogP contribution >= 0.6 is 0 Å². The van der Waals surface area contributed by atoms with E-state index in [1.165, 1.54) is 51.9 Å². The van der Waals surface area contributed by atoms with Crippen LogP contribution in [-0.2, 0) is 0 Å². The zero-order chi connectivity index (χ0) is 10.5. The topological polar surface area (TPSA) is 6.48 Å². The molecule has 2 nitrogen and oxygen atoms in total. The van der Waals surface area contributed by atoms with Crippen LogP contribution < -0.4 is 0 Å². The molecular formula is C13H24N2. The lowest BCUT2D eigenvalue weighted by molar-refractivity contribution is -0.0566. The predicted molar refractivity (Wildman–Crippen MR) is 63.0 cm³/mol. The second-order valence-electron chi connectivity index (χ2n) is 5.98. The van der Waals surface area contributed by atoms with Crippen LogP contribution in [-0.4, -0.2) is 48.1 Å². The highest BCUT2D eigenvalue weighted by Crippen LogP contribution is 2.53. The number of nitrogens with zero attached hydrogens (tertiary/aromatic N) is 2. The van der Waals surface area contributed by atoms with Gasteiger partial charge in [0.05, 0.1) is 0 Å². The smallest absolute Gasteiger partial charge is 0.0351 e. The SMILES string of the molecule is CCC(CC)N1CC(N2CC3(CC3)C2)C1. The average molecular weight is 208 g/mol. The summed E-state index contributed by atoms with van der Waals surface area (Å²) in [5.74, 6) is 0. The van der Waals surface area contributed by atoms with Crippen LogP contribution in [0.2, 0.25) is 0 Å². The van der Waals surface area contributed by atoms with Gasteiger partial charge >= 0.3 is 0 Å². The summed E-state index contributed by atoms with van der Waals surface area (Å²) in [5.41, 5.74) is 0.843. The predicted octanol–water partition coefficient (Wildman–Crippen LogP) is 1.95. The van der Waals surface area contributed by atoms with Gasteiger partial charge in [0.1, 0.15) is 0 Å². The van der Waals surface area contributed by atoms with Gasteiger partial charge in [-0.15, -0.1) is 0 Å². The van der Waals surface area contributed by atoms with Gasteiger partial charge in [-0.1, -0.05) is 13.8 Å². The third kappa shape index (κ3) is 1.62. The fourth-order valence-corrected chi connectivity index (χ4v) is 3.39. The molecule has 86 valence electrons. The van der Waals surface area contributed by atoms with E-state index in [0.29, 0.717) is 0 Å². The summed E-state index contributed by atoms with van der Waals surface area (Å²) in [6, 6.07) is 1.77. The minimum Gasteiger partial charge on any atom is -0.297 e. The first-order valence-electron chi connectivity index (χ1n) is 6.74. The van der Waals surface area contributed by atoms with Gasteiger partial charge in [-0.2, -0.15) is 0 Å². The first kappa shape index (κ1) is 10.1. The van der Waals surface area contributed by atoms with Crippen molar-refractivity contribution >= 4 is 0 Å². The molecule has 0 bridgehead atoms. The Morgan fingerprint density at radius 2 is 1.73 bits per heavy atom. The zero-order valence-corrected chi connectivity index (χ0v) is 10.2. The molecule has 2 heterocycles. The largest absolute Gasteiger partial charge is 0.297 e. The van der Waals surface area contributed by atoms with Gasteiger partial charge in [0.25, 0.3) is 0 Å². The summed E-state index contributed by atoms with van der Waals surface area (Å²) in [5, 5.41) is 0. The Balaban J connectivity index is 1.42. The average Bonchev–Trinajstić information content (AvgIpc) is 2.88. The summed E-state index contributed by atoms with van der Waals surface area (Å²) in [4.78, 5) is 5.41. The first-order valence-corrected chi connectivity index (χ1v) is 6.74. The van der Waals surface area contributed by atoms with Crippen LogP contribution in [0.5, 0.6) is 0 Å². The van der Waals surface area contributed by atoms with E-state index < -0.39 is 0 Å². The minimum absolute atomic E-state index is 0.843. The third-order valence-electron chi connectivity index (χ3n) is 4.90. The molecule has 1 spiro atoms.